The van der Waals surface area contributed by atoms with Crippen LogP contribution in [0.1, 0.15) is 30.6 Å². The monoisotopic (exact) mass is 339 g/mol. The molecule has 4 nitrogen and oxygen atoms in total. The molecule has 1 unspecified atom stereocenters. The van der Waals surface area contributed by atoms with Crippen molar-refractivity contribution in [1.29, 1.82) is 0 Å². The molecule has 0 aromatic heterocycles. The number of amides is 1. The molecule has 134 valence electrons. The highest BCUT2D eigenvalue weighted by atomic mass is 19.2. The lowest BCUT2D eigenvalue weighted by atomic mass is 10.0. The van der Waals surface area contributed by atoms with Gasteiger partial charge in [0.2, 0.25) is 0 Å². The molecule has 1 aromatic carbocycles. The number of hydrogen-bond donors (Lipinski definition) is 1. The highest BCUT2D eigenvalue weighted by Crippen LogP contribution is 2.14. The van der Waals surface area contributed by atoms with Gasteiger partial charge in [0.25, 0.3) is 5.91 Å². The van der Waals surface area contributed by atoms with Gasteiger partial charge in [-0.15, -0.1) is 0 Å². The maximum Gasteiger partial charge on any atom is 0.251 e. The molecule has 24 heavy (non-hydrogen) atoms. The van der Waals surface area contributed by atoms with Crippen molar-refractivity contribution in [3.05, 3.63) is 35.4 Å². The van der Waals surface area contributed by atoms with Crippen molar-refractivity contribution < 1.29 is 13.6 Å². The van der Waals surface area contributed by atoms with E-state index in [9.17, 15) is 13.6 Å². The summed E-state index contributed by atoms with van der Waals surface area (Å²) in [5.74, 6) is -1.78. The van der Waals surface area contributed by atoms with Crippen LogP contribution in [0.15, 0.2) is 18.2 Å². The largest absolute Gasteiger partial charge is 0.350 e. The molecule has 1 amide bonds. The van der Waals surface area contributed by atoms with Crippen molar-refractivity contribution >= 4 is 5.91 Å². The molecule has 6 heteroatoms. The summed E-state index contributed by atoms with van der Waals surface area (Å²) in [5.41, 5.74) is 0.149. The quantitative estimate of drug-likeness (QED) is 0.864. The number of piperazine rings is 1. The highest BCUT2D eigenvalue weighted by Gasteiger charge is 2.24. The summed E-state index contributed by atoms with van der Waals surface area (Å²) >= 11 is 0. The minimum absolute atomic E-state index is 0.149. The molecule has 1 fully saturated rings. The van der Waals surface area contributed by atoms with Crippen molar-refractivity contribution in [2.75, 3.05) is 39.8 Å². The van der Waals surface area contributed by atoms with Crippen molar-refractivity contribution in [1.82, 2.24) is 15.1 Å². The standard InChI is InChI=1S/C18H27F2N3O/c1-13(2)10-15(23-8-6-22(3)7-9-23)12-21-18(24)14-4-5-16(19)17(20)11-14/h4-5,11,13,15H,6-10,12H2,1-3H3,(H,21,24). The van der Waals surface area contributed by atoms with Gasteiger partial charge in [-0.3, -0.25) is 9.69 Å². The number of hydrogen-bond acceptors (Lipinski definition) is 3. The van der Waals surface area contributed by atoms with Crippen molar-refractivity contribution in [3.63, 3.8) is 0 Å². The first-order chi connectivity index (χ1) is 11.4. The summed E-state index contributed by atoms with van der Waals surface area (Å²) in [4.78, 5) is 16.9. The van der Waals surface area contributed by atoms with Crippen molar-refractivity contribution in [2.24, 2.45) is 5.92 Å². The smallest absolute Gasteiger partial charge is 0.251 e. The summed E-state index contributed by atoms with van der Waals surface area (Å²) in [6.07, 6.45) is 0.988. The number of rotatable bonds is 6. The average Bonchev–Trinajstić information content (AvgIpc) is 2.54. The lowest BCUT2D eigenvalue weighted by Gasteiger charge is -2.38. The second-order valence-corrected chi connectivity index (χ2v) is 6.96. The normalized spacial score (nSPS) is 17.9. The molecule has 0 aliphatic carbocycles. The first-order valence-corrected chi connectivity index (χ1v) is 8.52. The molecular weight excluding hydrogens is 312 g/mol. The van der Waals surface area contributed by atoms with Gasteiger partial charge in [0.1, 0.15) is 0 Å². The second kappa shape index (κ2) is 8.53. The van der Waals surface area contributed by atoms with Gasteiger partial charge in [-0.1, -0.05) is 13.8 Å². The number of nitrogens with zero attached hydrogens (tertiary/aromatic N) is 2. The third kappa shape index (κ3) is 5.24. The lowest BCUT2D eigenvalue weighted by Crippen LogP contribution is -2.52. The fraction of sp³-hybridized carbons (Fsp3) is 0.611. The van der Waals surface area contributed by atoms with E-state index >= 15 is 0 Å². The van der Waals surface area contributed by atoms with Gasteiger partial charge in [0.15, 0.2) is 11.6 Å². The number of likely N-dealkylation sites (N-methyl/N-ethyl adjacent to an activating group) is 1. The molecule has 1 N–H and O–H groups in total. The van der Waals surface area contributed by atoms with Crippen LogP contribution >= 0.6 is 0 Å². The van der Waals surface area contributed by atoms with E-state index in [0.29, 0.717) is 12.5 Å². The van der Waals surface area contributed by atoms with E-state index in [0.717, 1.165) is 44.7 Å². The molecule has 1 aromatic rings. The molecule has 1 saturated heterocycles. The summed E-state index contributed by atoms with van der Waals surface area (Å²) in [7, 11) is 2.11. The molecule has 0 radical (unpaired) electrons. The Hall–Kier alpha value is -1.53. The predicted octanol–water partition coefficient (Wildman–Crippen LogP) is 2.36. The number of carbonyl (C=O) groups excluding carboxylic acids is 1. The Morgan fingerprint density at radius 1 is 1.17 bits per heavy atom. The molecule has 0 bridgehead atoms. The summed E-state index contributed by atoms with van der Waals surface area (Å²) < 4.78 is 26.2. The average molecular weight is 339 g/mol. The van der Waals surface area contributed by atoms with Gasteiger partial charge < -0.3 is 10.2 Å². The molecule has 0 spiro atoms. The van der Waals surface area contributed by atoms with Gasteiger partial charge in [-0.25, -0.2) is 8.78 Å². The van der Waals surface area contributed by atoms with E-state index in [-0.39, 0.29) is 17.5 Å². The number of benzene rings is 1. The Morgan fingerprint density at radius 3 is 2.42 bits per heavy atom. The zero-order valence-corrected chi connectivity index (χ0v) is 14.7. The maximum atomic E-state index is 13.3. The van der Waals surface area contributed by atoms with Gasteiger partial charge in [0, 0.05) is 44.3 Å². The Labute approximate surface area is 142 Å². The fourth-order valence-electron chi connectivity index (χ4n) is 3.04. The molecule has 1 aliphatic rings. The molecule has 0 saturated carbocycles. The van der Waals surface area contributed by atoms with Gasteiger partial charge in [-0.2, -0.15) is 0 Å². The van der Waals surface area contributed by atoms with Crippen LogP contribution in [0.5, 0.6) is 0 Å². The van der Waals surface area contributed by atoms with E-state index in [1.807, 2.05) is 0 Å². The summed E-state index contributed by atoms with van der Waals surface area (Å²) in [6, 6.07) is 3.49. The van der Waals surface area contributed by atoms with E-state index in [1.165, 1.54) is 6.07 Å². The van der Waals surface area contributed by atoms with Gasteiger partial charge in [0.05, 0.1) is 0 Å². The first kappa shape index (κ1) is 18.8. The number of carbonyl (C=O) groups is 1. The lowest BCUT2D eigenvalue weighted by molar-refractivity contribution is 0.0850. The fourth-order valence-corrected chi connectivity index (χ4v) is 3.04. The van der Waals surface area contributed by atoms with E-state index in [2.05, 4.69) is 36.0 Å². The second-order valence-electron chi connectivity index (χ2n) is 6.96. The van der Waals surface area contributed by atoms with Crippen LogP contribution in [0, 0.1) is 17.6 Å². The minimum atomic E-state index is -1.000. The van der Waals surface area contributed by atoms with Crippen molar-refractivity contribution in [2.45, 2.75) is 26.3 Å². The molecule has 2 rings (SSSR count). The van der Waals surface area contributed by atoms with Crippen LogP contribution in [0.2, 0.25) is 0 Å². The minimum Gasteiger partial charge on any atom is -0.350 e. The molecule has 1 aliphatic heterocycles. The molecular formula is C18H27F2N3O. The van der Waals surface area contributed by atoms with Gasteiger partial charge >= 0.3 is 0 Å². The molecule has 1 heterocycles. The van der Waals surface area contributed by atoms with Crippen LogP contribution in [0.3, 0.4) is 0 Å². The summed E-state index contributed by atoms with van der Waals surface area (Å²) in [6.45, 7) is 8.85. The Morgan fingerprint density at radius 2 is 1.83 bits per heavy atom. The Bertz CT molecular complexity index is 557. The number of nitrogens with one attached hydrogen (secondary N) is 1. The topological polar surface area (TPSA) is 35.6 Å². The van der Waals surface area contributed by atoms with Gasteiger partial charge in [-0.05, 0) is 37.6 Å². The maximum absolute atomic E-state index is 13.3. The number of halogens is 2. The third-order valence-corrected chi connectivity index (χ3v) is 4.48. The zero-order valence-electron chi connectivity index (χ0n) is 14.7. The van der Waals surface area contributed by atoms with Crippen LogP contribution in [-0.2, 0) is 0 Å². The van der Waals surface area contributed by atoms with E-state index in [1.54, 1.807) is 0 Å². The SMILES string of the molecule is CC(C)CC(CNC(=O)c1ccc(F)c(F)c1)N1CCN(C)CC1. The first-order valence-electron chi connectivity index (χ1n) is 8.52. The van der Waals surface area contributed by atoms with Crippen molar-refractivity contribution in [3.8, 4) is 0 Å². The van der Waals surface area contributed by atoms with E-state index in [4.69, 9.17) is 0 Å². The Balaban J connectivity index is 1.96. The molecule has 1 atom stereocenters. The highest BCUT2D eigenvalue weighted by molar-refractivity contribution is 5.94. The van der Waals surface area contributed by atoms with Crippen LogP contribution in [0.25, 0.3) is 0 Å². The van der Waals surface area contributed by atoms with Crippen LogP contribution in [0.4, 0.5) is 8.78 Å². The zero-order chi connectivity index (χ0) is 17.7. The predicted molar refractivity (Wildman–Crippen MR) is 91.0 cm³/mol. The van der Waals surface area contributed by atoms with Crippen LogP contribution in [-0.4, -0.2) is 61.5 Å². The van der Waals surface area contributed by atoms with Crippen LogP contribution < -0.4 is 5.32 Å². The Kier molecular flexibility index (Phi) is 6.69. The van der Waals surface area contributed by atoms with E-state index < -0.39 is 11.6 Å². The summed E-state index contributed by atoms with van der Waals surface area (Å²) in [5, 5.41) is 2.88. The third-order valence-electron chi connectivity index (χ3n) is 4.48.